The number of hydrogen-bond donors (Lipinski definition) is 0. The first kappa shape index (κ1) is 17.1. The number of likely N-dealkylation sites (N-methyl/N-ethyl adjacent to an activating group) is 1. The lowest BCUT2D eigenvalue weighted by Crippen LogP contribution is -2.29. The van der Waals surface area contributed by atoms with Crippen molar-refractivity contribution < 1.29 is 19.1 Å². The van der Waals surface area contributed by atoms with Gasteiger partial charge in [0, 0.05) is 32.9 Å². The second-order valence-corrected chi connectivity index (χ2v) is 4.04. The van der Waals surface area contributed by atoms with Gasteiger partial charge in [0.2, 0.25) is 5.91 Å². The topological polar surface area (TPSA) is 55.8 Å². The summed E-state index contributed by atoms with van der Waals surface area (Å²) in [6, 6.07) is 0. The third-order valence-corrected chi connectivity index (χ3v) is 2.59. The highest BCUT2D eigenvalue weighted by atomic mass is 16.5. The molecule has 5 nitrogen and oxygen atoms in total. The molecule has 0 saturated heterocycles. The van der Waals surface area contributed by atoms with Gasteiger partial charge < -0.3 is 14.4 Å². The fourth-order valence-corrected chi connectivity index (χ4v) is 1.28. The molecule has 5 heteroatoms. The molecule has 0 bridgehead atoms. The summed E-state index contributed by atoms with van der Waals surface area (Å²) in [5, 5.41) is 0. The molecule has 0 spiro atoms. The molecule has 0 atom stereocenters. The molecule has 18 heavy (non-hydrogen) atoms. The van der Waals surface area contributed by atoms with Crippen molar-refractivity contribution in [2.24, 2.45) is 0 Å². The summed E-state index contributed by atoms with van der Waals surface area (Å²) < 4.78 is 10.6. The molecule has 0 aliphatic heterocycles. The maximum atomic E-state index is 11.2. The summed E-state index contributed by atoms with van der Waals surface area (Å²) in [6.07, 6.45) is 1.56. The summed E-state index contributed by atoms with van der Waals surface area (Å²) in [4.78, 5) is 23.8. The first-order chi connectivity index (χ1) is 8.61. The van der Waals surface area contributed by atoms with Crippen LogP contribution in [0.1, 0.15) is 33.1 Å². The first-order valence-electron chi connectivity index (χ1n) is 6.52. The van der Waals surface area contributed by atoms with Crippen LogP contribution in [0, 0.1) is 0 Å². The number of carbonyl (C=O) groups is 2. The third kappa shape index (κ3) is 9.13. The van der Waals surface area contributed by atoms with Gasteiger partial charge in [0.1, 0.15) is 5.78 Å². The Kier molecular flexibility index (Phi) is 10.6. The number of rotatable bonds is 11. The molecule has 0 rings (SSSR count). The van der Waals surface area contributed by atoms with E-state index in [1.54, 1.807) is 11.9 Å². The lowest BCUT2D eigenvalue weighted by Gasteiger charge is -2.16. The Bertz CT molecular complexity index is 243. The molecular weight excluding hydrogens is 234 g/mol. The van der Waals surface area contributed by atoms with Crippen LogP contribution in [0.4, 0.5) is 0 Å². The zero-order valence-corrected chi connectivity index (χ0v) is 11.7. The molecule has 0 N–H and O–H groups in total. The molecule has 106 valence electrons. The van der Waals surface area contributed by atoms with Crippen LogP contribution < -0.4 is 0 Å². The molecular formula is C13H25NO4. The van der Waals surface area contributed by atoms with E-state index in [9.17, 15) is 9.59 Å². The Labute approximate surface area is 109 Å². The number of hydrogen-bond acceptors (Lipinski definition) is 4. The normalized spacial score (nSPS) is 10.4. The van der Waals surface area contributed by atoms with Gasteiger partial charge in [0.05, 0.1) is 26.4 Å². The van der Waals surface area contributed by atoms with Crippen molar-refractivity contribution >= 4 is 11.7 Å². The van der Waals surface area contributed by atoms with E-state index in [1.165, 1.54) is 0 Å². The molecule has 0 aliphatic rings. The van der Waals surface area contributed by atoms with Gasteiger partial charge in [-0.1, -0.05) is 13.8 Å². The average Bonchev–Trinajstić information content (AvgIpc) is 2.39. The fourth-order valence-electron chi connectivity index (χ4n) is 1.28. The van der Waals surface area contributed by atoms with Crippen molar-refractivity contribution in [3.63, 3.8) is 0 Å². The highest BCUT2D eigenvalue weighted by Crippen LogP contribution is 1.91. The largest absolute Gasteiger partial charge is 0.379 e. The Morgan fingerprint density at radius 3 is 2.11 bits per heavy atom. The number of nitrogens with zero attached hydrogens (tertiary/aromatic N) is 1. The molecule has 0 radical (unpaired) electrons. The Morgan fingerprint density at radius 2 is 1.56 bits per heavy atom. The van der Waals surface area contributed by atoms with Crippen molar-refractivity contribution in [2.75, 3.05) is 40.0 Å². The minimum atomic E-state index is 0.118. The van der Waals surface area contributed by atoms with Gasteiger partial charge in [-0.05, 0) is 0 Å². The van der Waals surface area contributed by atoms with E-state index in [2.05, 4.69) is 0 Å². The summed E-state index contributed by atoms with van der Waals surface area (Å²) in [6.45, 7) is 6.24. The quantitative estimate of drug-likeness (QED) is 0.524. The van der Waals surface area contributed by atoms with Crippen LogP contribution in [0.2, 0.25) is 0 Å². The molecule has 0 aromatic carbocycles. The fraction of sp³-hybridized carbons (Fsp3) is 0.846. The smallest absolute Gasteiger partial charge is 0.222 e. The Morgan fingerprint density at radius 1 is 0.944 bits per heavy atom. The third-order valence-electron chi connectivity index (χ3n) is 2.59. The highest BCUT2D eigenvalue weighted by Gasteiger charge is 2.04. The van der Waals surface area contributed by atoms with Crippen LogP contribution in [0.5, 0.6) is 0 Å². The Hall–Kier alpha value is -0.940. The van der Waals surface area contributed by atoms with Gasteiger partial charge in [0.15, 0.2) is 0 Å². The lowest BCUT2D eigenvalue weighted by atomic mass is 10.2. The van der Waals surface area contributed by atoms with Gasteiger partial charge in [0.25, 0.3) is 0 Å². The van der Waals surface area contributed by atoms with E-state index in [-0.39, 0.29) is 11.7 Å². The minimum Gasteiger partial charge on any atom is -0.379 e. The lowest BCUT2D eigenvalue weighted by molar-refractivity contribution is -0.130. The zero-order valence-electron chi connectivity index (χ0n) is 11.7. The summed E-state index contributed by atoms with van der Waals surface area (Å²) in [7, 11) is 1.77. The highest BCUT2D eigenvalue weighted by molar-refractivity contribution is 5.78. The predicted molar refractivity (Wildman–Crippen MR) is 69.5 cm³/mol. The molecule has 0 aromatic rings. The monoisotopic (exact) mass is 259 g/mol. The molecule has 0 fully saturated rings. The summed E-state index contributed by atoms with van der Waals surface area (Å²) in [5.41, 5.74) is 0. The SMILES string of the molecule is CCC(=O)CCOCCOCCN(C)C(=O)CC. The molecule has 0 saturated carbocycles. The van der Waals surface area contributed by atoms with Crippen molar-refractivity contribution in [3.8, 4) is 0 Å². The van der Waals surface area contributed by atoms with Gasteiger partial charge >= 0.3 is 0 Å². The predicted octanol–water partition coefficient (Wildman–Crippen LogP) is 1.26. The number of ketones is 1. The molecule has 0 unspecified atom stereocenters. The van der Waals surface area contributed by atoms with E-state index < -0.39 is 0 Å². The summed E-state index contributed by atoms with van der Waals surface area (Å²) in [5.74, 6) is 0.337. The van der Waals surface area contributed by atoms with Crippen LogP contribution in [0.15, 0.2) is 0 Å². The molecule has 0 aliphatic carbocycles. The molecule has 0 heterocycles. The number of amides is 1. The van der Waals surface area contributed by atoms with Crippen LogP contribution in [-0.2, 0) is 19.1 Å². The van der Waals surface area contributed by atoms with Crippen molar-refractivity contribution in [3.05, 3.63) is 0 Å². The molecule has 0 aromatic heterocycles. The zero-order chi connectivity index (χ0) is 13.8. The van der Waals surface area contributed by atoms with E-state index in [4.69, 9.17) is 9.47 Å². The van der Waals surface area contributed by atoms with Crippen LogP contribution in [0.25, 0.3) is 0 Å². The Balaban J connectivity index is 3.26. The maximum Gasteiger partial charge on any atom is 0.222 e. The van der Waals surface area contributed by atoms with Gasteiger partial charge in [-0.2, -0.15) is 0 Å². The standard InChI is InChI=1S/C13H25NO4/c1-4-12(15)6-8-17-10-11-18-9-7-14(3)13(16)5-2/h4-11H2,1-3H3. The maximum absolute atomic E-state index is 11.2. The minimum absolute atomic E-state index is 0.118. The van der Waals surface area contributed by atoms with Gasteiger partial charge in [-0.3, -0.25) is 9.59 Å². The van der Waals surface area contributed by atoms with E-state index in [0.29, 0.717) is 52.2 Å². The van der Waals surface area contributed by atoms with Crippen molar-refractivity contribution in [1.29, 1.82) is 0 Å². The second-order valence-electron chi connectivity index (χ2n) is 4.04. The van der Waals surface area contributed by atoms with Crippen LogP contribution in [0.3, 0.4) is 0 Å². The average molecular weight is 259 g/mol. The van der Waals surface area contributed by atoms with E-state index in [1.807, 2.05) is 13.8 Å². The van der Waals surface area contributed by atoms with Gasteiger partial charge in [-0.15, -0.1) is 0 Å². The molecule has 1 amide bonds. The van der Waals surface area contributed by atoms with E-state index >= 15 is 0 Å². The van der Waals surface area contributed by atoms with Crippen molar-refractivity contribution in [2.45, 2.75) is 33.1 Å². The second kappa shape index (κ2) is 11.2. The number of carbonyl (C=O) groups excluding carboxylic acids is 2. The number of Topliss-reactive ketones (excluding diaryl/α,β-unsaturated/α-hetero) is 1. The van der Waals surface area contributed by atoms with Gasteiger partial charge in [-0.25, -0.2) is 0 Å². The van der Waals surface area contributed by atoms with Crippen LogP contribution >= 0.6 is 0 Å². The van der Waals surface area contributed by atoms with Crippen molar-refractivity contribution in [1.82, 2.24) is 4.90 Å². The first-order valence-corrected chi connectivity index (χ1v) is 6.52. The number of ether oxygens (including phenoxy) is 2. The van der Waals surface area contributed by atoms with Crippen LogP contribution in [-0.4, -0.2) is 56.6 Å². The summed E-state index contributed by atoms with van der Waals surface area (Å²) >= 11 is 0. The van der Waals surface area contributed by atoms with E-state index in [0.717, 1.165) is 0 Å².